The molecule has 19 heavy (non-hydrogen) atoms. The van der Waals surface area contributed by atoms with Crippen LogP contribution in [0, 0.1) is 11.6 Å². The summed E-state index contributed by atoms with van der Waals surface area (Å²) in [5.74, 6) is 4.67. The molecule has 0 heterocycles. The number of hydrogen-bond acceptors (Lipinski definition) is 2. The Morgan fingerprint density at radius 1 is 1.16 bits per heavy atom. The maximum Gasteiger partial charge on any atom is 0.142 e. The molecule has 0 aromatic heterocycles. The first-order valence-corrected chi connectivity index (χ1v) is 6.13. The summed E-state index contributed by atoms with van der Waals surface area (Å²) < 4.78 is 26.5. The summed E-state index contributed by atoms with van der Waals surface area (Å²) in [7, 11) is 0. The molecule has 2 aromatic carbocycles. The average Bonchev–Trinajstić information content (AvgIpc) is 2.39. The van der Waals surface area contributed by atoms with Crippen molar-refractivity contribution in [3.63, 3.8) is 0 Å². The number of hydrazine groups is 1. The SMILES string of the molecule is NNC(Cc1cccc(F)c1)c1ccc(Cl)c(F)c1. The maximum absolute atomic E-state index is 13.4. The minimum atomic E-state index is -0.501. The van der Waals surface area contributed by atoms with Crippen molar-refractivity contribution in [2.24, 2.45) is 5.84 Å². The molecule has 0 amide bonds. The van der Waals surface area contributed by atoms with Crippen LogP contribution in [-0.4, -0.2) is 0 Å². The summed E-state index contributed by atoms with van der Waals surface area (Å²) in [6.45, 7) is 0. The predicted molar refractivity (Wildman–Crippen MR) is 71.6 cm³/mol. The second-order valence-electron chi connectivity index (χ2n) is 4.23. The third-order valence-corrected chi connectivity index (χ3v) is 3.18. The van der Waals surface area contributed by atoms with Crippen molar-refractivity contribution in [3.8, 4) is 0 Å². The zero-order valence-electron chi connectivity index (χ0n) is 10.0. The number of rotatable bonds is 4. The number of benzene rings is 2. The normalized spacial score (nSPS) is 12.4. The minimum absolute atomic E-state index is 0.0604. The van der Waals surface area contributed by atoms with Crippen LogP contribution in [0.4, 0.5) is 8.78 Å². The van der Waals surface area contributed by atoms with Gasteiger partial charge < -0.3 is 0 Å². The van der Waals surface area contributed by atoms with Crippen molar-refractivity contribution in [2.45, 2.75) is 12.5 Å². The molecule has 0 saturated carbocycles. The van der Waals surface area contributed by atoms with Gasteiger partial charge in [0.05, 0.1) is 11.1 Å². The molecule has 0 radical (unpaired) electrons. The molecule has 0 aliphatic heterocycles. The van der Waals surface area contributed by atoms with Gasteiger partial charge in [-0.15, -0.1) is 0 Å². The van der Waals surface area contributed by atoms with Crippen LogP contribution in [-0.2, 0) is 6.42 Å². The molecule has 0 aliphatic rings. The Hall–Kier alpha value is -1.49. The molecule has 0 saturated heterocycles. The van der Waals surface area contributed by atoms with Gasteiger partial charge in [-0.1, -0.05) is 29.8 Å². The second-order valence-corrected chi connectivity index (χ2v) is 4.63. The van der Waals surface area contributed by atoms with Crippen LogP contribution < -0.4 is 11.3 Å². The maximum atomic E-state index is 13.4. The van der Waals surface area contributed by atoms with Crippen LogP contribution in [0.2, 0.25) is 5.02 Å². The third kappa shape index (κ3) is 3.50. The molecule has 2 rings (SSSR count). The fourth-order valence-electron chi connectivity index (χ4n) is 1.90. The highest BCUT2D eigenvalue weighted by Crippen LogP contribution is 2.22. The highest BCUT2D eigenvalue weighted by Gasteiger charge is 2.13. The summed E-state index contributed by atoms with van der Waals surface area (Å²) >= 11 is 5.63. The zero-order valence-corrected chi connectivity index (χ0v) is 10.8. The predicted octanol–water partition coefficient (Wildman–Crippen LogP) is 3.37. The summed E-state index contributed by atoms with van der Waals surface area (Å²) in [6.07, 6.45) is 0.454. The quantitative estimate of drug-likeness (QED) is 0.666. The number of nitrogens with one attached hydrogen (secondary N) is 1. The lowest BCUT2D eigenvalue weighted by atomic mass is 9.99. The van der Waals surface area contributed by atoms with Crippen molar-refractivity contribution >= 4 is 11.6 Å². The molecule has 1 unspecified atom stereocenters. The lowest BCUT2D eigenvalue weighted by molar-refractivity contribution is 0.542. The number of nitrogens with two attached hydrogens (primary N) is 1. The molecule has 100 valence electrons. The molecule has 1 atom stereocenters. The third-order valence-electron chi connectivity index (χ3n) is 2.88. The van der Waals surface area contributed by atoms with Gasteiger partial charge in [0.2, 0.25) is 0 Å². The summed E-state index contributed by atoms with van der Waals surface area (Å²) in [5.41, 5.74) is 4.04. The molecule has 3 N–H and O–H groups in total. The van der Waals surface area contributed by atoms with Gasteiger partial charge in [0.1, 0.15) is 11.6 Å². The molecule has 0 spiro atoms. The Labute approximate surface area is 115 Å². The molecule has 0 fully saturated rings. The number of halogens is 3. The van der Waals surface area contributed by atoms with Gasteiger partial charge in [0.15, 0.2) is 0 Å². The van der Waals surface area contributed by atoms with Gasteiger partial charge in [-0.2, -0.15) is 0 Å². The summed E-state index contributed by atoms with van der Waals surface area (Å²) in [5, 5.41) is 0.0604. The Bertz CT molecular complexity index is 575. The van der Waals surface area contributed by atoms with E-state index in [9.17, 15) is 8.78 Å². The van der Waals surface area contributed by atoms with Crippen LogP contribution >= 0.6 is 11.6 Å². The van der Waals surface area contributed by atoms with Gasteiger partial charge in [-0.25, -0.2) is 8.78 Å². The van der Waals surface area contributed by atoms with Gasteiger partial charge in [-0.3, -0.25) is 11.3 Å². The van der Waals surface area contributed by atoms with Gasteiger partial charge in [0.25, 0.3) is 0 Å². The van der Waals surface area contributed by atoms with Crippen LogP contribution in [0.3, 0.4) is 0 Å². The van der Waals surface area contributed by atoms with E-state index < -0.39 is 5.82 Å². The van der Waals surface area contributed by atoms with E-state index in [-0.39, 0.29) is 16.9 Å². The van der Waals surface area contributed by atoms with Crippen molar-refractivity contribution in [1.82, 2.24) is 5.43 Å². The first-order chi connectivity index (χ1) is 9.10. The van der Waals surface area contributed by atoms with E-state index in [2.05, 4.69) is 5.43 Å². The molecular formula is C14H13ClF2N2. The molecule has 2 nitrogen and oxygen atoms in total. The van der Waals surface area contributed by atoms with Crippen molar-refractivity contribution < 1.29 is 8.78 Å². The van der Waals surface area contributed by atoms with Crippen molar-refractivity contribution in [2.75, 3.05) is 0 Å². The van der Waals surface area contributed by atoms with E-state index in [1.165, 1.54) is 24.3 Å². The fourth-order valence-corrected chi connectivity index (χ4v) is 2.02. The van der Waals surface area contributed by atoms with Gasteiger partial charge in [0, 0.05) is 0 Å². The molecule has 5 heteroatoms. The molecule has 0 bridgehead atoms. The highest BCUT2D eigenvalue weighted by atomic mass is 35.5. The highest BCUT2D eigenvalue weighted by molar-refractivity contribution is 6.30. The standard InChI is InChI=1S/C14H13ClF2N2/c15-12-5-4-10(8-13(12)17)14(19-18)7-9-2-1-3-11(16)6-9/h1-6,8,14,19H,7,18H2. The Balaban J connectivity index is 2.22. The number of hydrogen-bond donors (Lipinski definition) is 2. The van der Waals surface area contributed by atoms with Crippen molar-refractivity contribution in [3.05, 3.63) is 70.2 Å². The van der Waals surface area contributed by atoms with Crippen LogP contribution in [0.5, 0.6) is 0 Å². The lowest BCUT2D eigenvalue weighted by Gasteiger charge is -2.17. The van der Waals surface area contributed by atoms with Gasteiger partial charge in [-0.05, 0) is 41.8 Å². The largest absolute Gasteiger partial charge is 0.271 e. The lowest BCUT2D eigenvalue weighted by Crippen LogP contribution is -2.29. The second kappa shape index (κ2) is 6.10. The average molecular weight is 283 g/mol. The Morgan fingerprint density at radius 3 is 2.58 bits per heavy atom. The first-order valence-electron chi connectivity index (χ1n) is 5.75. The molecule has 0 aliphatic carbocycles. The van der Waals surface area contributed by atoms with Crippen LogP contribution in [0.25, 0.3) is 0 Å². The summed E-state index contributed by atoms with van der Waals surface area (Å²) in [4.78, 5) is 0. The monoisotopic (exact) mass is 282 g/mol. The van der Waals surface area contributed by atoms with E-state index in [0.717, 1.165) is 5.56 Å². The van der Waals surface area contributed by atoms with E-state index >= 15 is 0 Å². The first kappa shape index (κ1) is 13.9. The molecular weight excluding hydrogens is 270 g/mol. The topological polar surface area (TPSA) is 38.0 Å². The van der Waals surface area contributed by atoms with E-state index in [1.54, 1.807) is 18.2 Å². The van der Waals surface area contributed by atoms with E-state index in [4.69, 9.17) is 17.4 Å². The Kier molecular flexibility index (Phi) is 4.47. The summed E-state index contributed by atoms with van der Waals surface area (Å²) in [6, 6.07) is 10.4. The van der Waals surface area contributed by atoms with E-state index in [1.807, 2.05) is 0 Å². The Morgan fingerprint density at radius 2 is 1.95 bits per heavy atom. The van der Waals surface area contributed by atoms with Crippen molar-refractivity contribution in [1.29, 1.82) is 0 Å². The molecule has 2 aromatic rings. The smallest absolute Gasteiger partial charge is 0.142 e. The fraction of sp³-hybridized carbons (Fsp3) is 0.143. The van der Waals surface area contributed by atoms with Crippen LogP contribution in [0.1, 0.15) is 17.2 Å². The van der Waals surface area contributed by atoms with Gasteiger partial charge >= 0.3 is 0 Å². The van der Waals surface area contributed by atoms with Crippen LogP contribution in [0.15, 0.2) is 42.5 Å². The zero-order chi connectivity index (χ0) is 13.8. The minimum Gasteiger partial charge on any atom is -0.271 e. The van der Waals surface area contributed by atoms with E-state index in [0.29, 0.717) is 12.0 Å².